The molecule has 13 heavy (non-hydrogen) atoms. The zero-order chi connectivity index (χ0) is 10.1. The fourth-order valence-corrected chi connectivity index (χ4v) is 1.81. The Morgan fingerprint density at radius 1 is 1.77 bits per heavy atom. The number of carbonyl (C=O) groups is 2. The smallest absolute Gasteiger partial charge is 0.320 e. The van der Waals surface area contributed by atoms with Gasteiger partial charge in [-0.25, -0.2) is 0 Å². The minimum absolute atomic E-state index is 0.189. The number of ether oxygens (including phenoxy) is 1. The summed E-state index contributed by atoms with van der Waals surface area (Å²) in [4.78, 5) is 23.0. The Kier molecular flexibility index (Phi) is 2.91. The first kappa shape index (κ1) is 10.4. The van der Waals surface area contributed by atoms with Crippen molar-refractivity contribution >= 4 is 27.7 Å². The van der Waals surface area contributed by atoms with E-state index in [0.717, 1.165) is 0 Å². The van der Waals surface area contributed by atoms with E-state index in [1.807, 2.05) is 0 Å². The molecule has 0 saturated heterocycles. The van der Waals surface area contributed by atoms with Crippen molar-refractivity contribution in [3.8, 4) is 0 Å². The van der Waals surface area contributed by atoms with E-state index in [1.165, 1.54) is 0 Å². The number of esters is 1. The monoisotopic (exact) mass is 246 g/mol. The highest BCUT2D eigenvalue weighted by Crippen LogP contribution is 2.37. The average Bonchev–Trinajstić information content (AvgIpc) is 2.35. The van der Waals surface area contributed by atoms with Gasteiger partial charge in [0.25, 0.3) is 0 Å². The summed E-state index contributed by atoms with van der Waals surface area (Å²) >= 11 is 3.10. The van der Waals surface area contributed by atoms with E-state index in [0.29, 0.717) is 17.5 Å². The van der Waals surface area contributed by atoms with Crippen LogP contribution < -0.4 is 0 Å². The van der Waals surface area contributed by atoms with E-state index < -0.39 is 11.4 Å². The molecule has 0 aromatic heterocycles. The third-order valence-electron chi connectivity index (χ3n) is 2.13. The fourth-order valence-electron chi connectivity index (χ4n) is 1.21. The molecule has 72 valence electrons. The standard InChI is InChI=1S/C9H11BrO3/c1-3-13-8(12)9(2)5-4-6(10)7(9)11/h4H,3,5H2,1-2H3. The maximum absolute atomic E-state index is 11.5. The Balaban J connectivity index is 2.81. The third kappa shape index (κ3) is 1.68. The van der Waals surface area contributed by atoms with Gasteiger partial charge in [-0.3, -0.25) is 9.59 Å². The molecule has 0 saturated carbocycles. The van der Waals surface area contributed by atoms with Gasteiger partial charge in [-0.05, 0) is 36.2 Å². The topological polar surface area (TPSA) is 43.4 Å². The number of rotatable bonds is 2. The summed E-state index contributed by atoms with van der Waals surface area (Å²) in [6.45, 7) is 3.64. The molecule has 1 aliphatic rings. The van der Waals surface area contributed by atoms with Gasteiger partial charge in [-0.15, -0.1) is 0 Å². The van der Waals surface area contributed by atoms with Crippen molar-refractivity contribution in [1.29, 1.82) is 0 Å². The predicted molar refractivity (Wildman–Crippen MR) is 51.4 cm³/mol. The number of ketones is 1. The van der Waals surface area contributed by atoms with Crippen LogP contribution >= 0.6 is 15.9 Å². The maximum Gasteiger partial charge on any atom is 0.320 e. The Morgan fingerprint density at radius 3 is 2.77 bits per heavy atom. The van der Waals surface area contributed by atoms with Crippen LogP contribution in [-0.2, 0) is 14.3 Å². The van der Waals surface area contributed by atoms with E-state index >= 15 is 0 Å². The van der Waals surface area contributed by atoms with Gasteiger partial charge in [-0.2, -0.15) is 0 Å². The van der Waals surface area contributed by atoms with Crippen molar-refractivity contribution in [3.05, 3.63) is 10.6 Å². The molecule has 3 nitrogen and oxygen atoms in total. The number of Topliss-reactive ketones (excluding diaryl/α,β-unsaturated/α-hetero) is 1. The average molecular weight is 247 g/mol. The second kappa shape index (κ2) is 3.62. The maximum atomic E-state index is 11.5. The number of carbonyl (C=O) groups excluding carboxylic acids is 2. The van der Waals surface area contributed by atoms with E-state index in [2.05, 4.69) is 15.9 Å². The molecule has 0 radical (unpaired) electrons. The zero-order valence-corrected chi connectivity index (χ0v) is 9.18. The lowest BCUT2D eigenvalue weighted by Crippen LogP contribution is -2.34. The van der Waals surface area contributed by atoms with Gasteiger partial charge >= 0.3 is 5.97 Å². The van der Waals surface area contributed by atoms with Crippen LogP contribution in [0.2, 0.25) is 0 Å². The van der Waals surface area contributed by atoms with Crippen LogP contribution in [0, 0.1) is 5.41 Å². The number of halogens is 1. The summed E-state index contributed by atoms with van der Waals surface area (Å²) in [6, 6.07) is 0. The van der Waals surface area contributed by atoms with Gasteiger partial charge in [0.2, 0.25) is 0 Å². The van der Waals surface area contributed by atoms with Crippen LogP contribution in [0.4, 0.5) is 0 Å². The highest BCUT2D eigenvalue weighted by atomic mass is 79.9. The molecular weight excluding hydrogens is 236 g/mol. The predicted octanol–water partition coefficient (Wildman–Crippen LogP) is 1.81. The Labute approximate surface area is 85.3 Å². The van der Waals surface area contributed by atoms with Gasteiger partial charge in [0, 0.05) is 0 Å². The number of allylic oxidation sites excluding steroid dienone is 2. The van der Waals surface area contributed by atoms with Crippen molar-refractivity contribution in [2.24, 2.45) is 5.41 Å². The zero-order valence-electron chi connectivity index (χ0n) is 7.59. The minimum Gasteiger partial charge on any atom is -0.465 e. The van der Waals surface area contributed by atoms with E-state index in [9.17, 15) is 9.59 Å². The van der Waals surface area contributed by atoms with Crippen molar-refractivity contribution < 1.29 is 14.3 Å². The van der Waals surface area contributed by atoms with Gasteiger partial charge in [-0.1, -0.05) is 6.08 Å². The van der Waals surface area contributed by atoms with Gasteiger partial charge < -0.3 is 4.74 Å². The molecule has 0 aromatic rings. The molecule has 1 rings (SSSR count). The van der Waals surface area contributed by atoms with E-state index in [4.69, 9.17) is 4.74 Å². The molecule has 0 amide bonds. The van der Waals surface area contributed by atoms with Crippen LogP contribution in [0.15, 0.2) is 10.6 Å². The Morgan fingerprint density at radius 2 is 2.38 bits per heavy atom. The van der Waals surface area contributed by atoms with Gasteiger partial charge in [0.1, 0.15) is 5.41 Å². The highest BCUT2D eigenvalue weighted by molar-refractivity contribution is 9.12. The quantitative estimate of drug-likeness (QED) is 0.552. The van der Waals surface area contributed by atoms with E-state index in [-0.39, 0.29) is 5.78 Å². The first-order valence-electron chi connectivity index (χ1n) is 4.10. The fraction of sp³-hybridized carbons (Fsp3) is 0.556. The summed E-state index contributed by atoms with van der Waals surface area (Å²) in [5, 5.41) is 0. The van der Waals surface area contributed by atoms with Gasteiger partial charge in [0.05, 0.1) is 11.1 Å². The molecule has 0 aliphatic heterocycles. The molecule has 1 atom stereocenters. The van der Waals surface area contributed by atoms with Crippen LogP contribution in [0.1, 0.15) is 20.3 Å². The summed E-state index contributed by atoms with van der Waals surface area (Å²) in [7, 11) is 0. The van der Waals surface area contributed by atoms with Crippen molar-refractivity contribution in [3.63, 3.8) is 0 Å². The molecule has 1 unspecified atom stereocenters. The molecule has 1 aliphatic carbocycles. The summed E-state index contributed by atoms with van der Waals surface area (Å²) < 4.78 is 5.31. The summed E-state index contributed by atoms with van der Waals surface area (Å²) in [5.74, 6) is -0.628. The lowest BCUT2D eigenvalue weighted by Gasteiger charge is -2.19. The molecule has 0 bridgehead atoms. The largest absolute Gasteiger partial charge is 0.465 e. The Bertz CT molecular complexity index is 283. The van der Waals surface area contributed by atoms with Crippen LogP contribution in [0.25, 0.3) is 0 Å². The molecule has 0 heterocycles. The van der Waals surface area contributed by atoms with Crippen molar-refractivity contribution in [2.75, 3.05) is 6.61 Å². The molecule has 0 aromatic carbocycles. The SMILES string of the molecule is CCOC(=O)C1(C)CC=C(Br)C1=O. The molecule has 0 N–H and O–H groups in total. The molecular formula is C9H11BrO3. The van der Waals surface area contributed by atoms with Gasteiger partial charge in [0.15, 0.2) is 5.78 Å². The van der Waals surface area contributed by atoms with Crippen LogP contribution in [-0.4, -0.2) is 18.4 Å². The van der Waals surface area contributed by atoms with Crippen LogP contribution in [0.5, 0.6) is 0 Å². The minimum atomic E-state index is -1.01. The highest BCUT2D eigenvalue weighted by Gasteiger charge is 2.46. The lowest BCUT2D eigenvalue weighted by atomic mass is 9.87. The molecule has 0 spiro atoms. The Hall–Kier alpha value is -0.640. The normalized spacial score (nSPS) is 27.3. The third-order valence-corrected chi connectivity index (χ3v) is 2.82. The second-order valence-corrected chi connectivity index (χ2v) is 3.99. The number of hydrogen-bond donors (Lipinski definition) is 0. The molecule has 4 heteroatoms. The first-order valence-corrected chi connectivity index (χ1v) is 4.89. The second-order valence-electron chi connectivity index (χ2n) is 3.14. The van der Waals surface area contributed by atoms with Crippen molar-refractivity contribution in [1.82, 2.24) is 0 Å². The summed E-state index contributed by atoms with van der Waals surface area (Å²) in [5.41, 5.74) is -1.01. The summed E-state index contributed by atoms with van der Waals surface area (Å²) in [6.07, 6.45) is 2.13. The number of hydrogen-bond acceptors (Lipinski definition) is 3. The first-order chi connectivity index (χ1) is 6.02. The van der Waals surface area contributed by atoms with Crippen molar-refractivity contribution in [2.45, 2.75) is 20.3 Å². The molecule has 0 fully saturated rings. The lowest BCUT2D eigenvalue weighted by molar-refractivity contribution is -0.156. The van der Waals surface area contributed by atoms with E-state index in [1.54, 1.807) is 19.9 Å². The van der Waals surface area contributed by atoms with Crippen LogP contribution in [0.3, 0.4) is 0 Å².